The molecule has 2 atom stereocenters. The second-order valence-corrected chi connectivity index (χ2v) is 3.73. The summed E-state index contributed by atoms with van der Waals surface area (Å²) in [4.78, 5) is 4.23. The van der Waals surface area contributed by atoms with Crippen LogP contribution in [0, 0.1) is 5.92 Å². The number of aromatic nitrogens is 2. The van der Waals surface area contributed by atoms with Crippen molar-refractivity contribution in [2.75, 3.05) is 5.32 Å². The van der Waals surface area contributed by atoms with E-state index in [0.717, 1.165) is 24.6 Å². The molecular formula is C9H15N3O. The van der Waals surface area contributed by atoms with Crippen molar-refractivity contribution in [3.8, 4) is 0 Å². The molecule has 2 rings (SSSR count). The summed E-state index contributed by atoms with van der Waals surface area (Å²) in [6.45, 7) is 4.31. The molecule has 1 fully saturated rings. The Morgan fingerprint density at radius 2 is 2.38 bits per heavy atom. The van der Waals surface area contributed by atoms with Crippen LogP contribution in [0.25, 0.3) is 0 Å². The van der Waals surface area contributed by atoms with Crippen LogP contribution in [0.15, 0.2) is 4.52 Å². The lowest BCUT2D eigenvalue weighted by atomic mass is 10.3. The molecule has 0 amide bonds. The average Bonchev–Trinajstić information content (AvgIpc) is 2.63. The van der Waals surface area contributed by atoms with Gasteiger partial charge in [-0.2, -0.15) is 4.98 Å². The van der Waals surface area contributed by atoms with Crippen molar-refractivity contribution >= 4 is 6.01 Å². The predicted molar refractivity (Wildman–Crippen MR) is 49.5 cm³/mol. The molecule has 0 bridgehead atoms. The maximum atomic E-state index is 5.04. The van der Waals surface area contributed by atoms with Crippen molar-refractivity contribution in [3.63, 3.8) is 0 Å². The van der Waals surface area contributed by atoms with Crippen molar-refractivity contribution in [1.82, 2.24) is 10.1 Å². The van der Waals surface area contributed by atoms with E-state index in [4.69, 9.17) is 4.52 Å². The quantitative estimate of drug-likeness (QED) is 0.770. The summed E-state index contributed by atoms with van der Waals surface area (Å²) in [5.74, 6) is 1.56. The number of aryl methyl sites for hydroxylation is 1. The number of rotatable bonds is 4. The summed E-state index contributed by atoms with van der Waals surface area (Å²) in [5.41, 5.74) is 0. The number of nitrogens with zero attached hydrogens (tertiary/aromatic N) is 2. The van der Waals surface area contributed by atoms with E-state index in [1.807, 2.05) is 0 Å². The first-order valence-corrected chi connectivity index (χ1v) is 4.88. The van der Waals surface area contributed by atoms with Gasteiger partial charge >= 0.3 is 6.01 Å². The van der Waals surface area contributed by atoms with E-state index in [2.05, 4.69) is 29.3 Å². The van der Waals surface area contributed by atoms with Crippen LogP contribution in [-0.2, 0) is 6.42 Å². The number of nitrogens with one attached hydrogen (secondary N) is 1. The van der Waals surface area contributed by atoms with Gasteiger partial charge in [-0.05, 0) is 18.8 Å². The molecule has 2 unspecified atom stereocenters. The van der Waals surface area contributed by atoms with Gasteiger partial charge in [0.25, 0.3) is 0 Å². The first-order valence-electron chi connectivity index (χ1n) is 4.88. The molecule has 1 heterocycles. The predicted octanol–water partition coefficient (Wildman–Crippen LogP) is 1.84. The summed E-state index contributed by atoms with van der Waals surface area (Å²) in [6, 6.07) is 1.13. The molecule has 0 spiro atoms. The van der Waals surface area contributed by atoms with Crippen LogP contribution in [0.2, 0.25) is 0 Å². The van der Waals surface area contributed by atoms with Crippen LogP contribution in [0.5, 0.6) is 0 Å². The smallest absolute Gasteiger partial charge is 0.321 e. The van der Waals surface area contributed by atoms with Crippen molar-refractivity contribution in [2.45, 2.75) is 39.2 Å². The van der Waals surface area contributed by atoms with Gasteiger partial charge in [-0.1, -0.05) is 19.0 Å². The normalized spacial score (nSPS) is 26.0. The van der Waals surface area contributed by atoms with Gasteiger partial charge in [-0.25, -0.2) is 0 Å². The lowest BCUT2D eigenvalue weighted by Crippen LogP contribution is -2.03. The third-order valence-electron chi connectivity index (χ3n) is 2.36. The van der Waals surface area contributed by atoms with E-state index in [1.54, 1.807) is 0 Å². The van der Waals surface area contributed by atoms with Crippen molar-refractivity contribution in [1.29, 1.82) is 0 Å². The topological polar surface area (TPSA) is 51.0 Å². The van der Waals surface area contributed by atoms with Gasteiger partial charge < -0.3 is 9.84 Å². The molecule has 1 aliphatic rings. The molecular weight excluding hydrogens is 166 g/mol. The van der Waals surface area contributed by atoms with Gasteiger partial charge in [-0.15, -0.1) is 0 Å². The van der Waals surface area contributed by atoms with Crippen molar-refractivity contribution in [2.24, 2.45) is 5.92 Å². The first kappa shape index (κ1) is 8.53. The minimum Gasteiger partial charge on any atom is -0.335 e. The van der Waals surface area contributed by atoms with E-state index in [1.165, 1.54) is 6.42 Å². The second-order valence-electron chi connectivity index (χ2n) is 3.73. The lowest BCUT2D eigenvalue weighted by Gasteiger charge is -1.94. The Balaban J connectivity index is 1.89. The average molecular weight is 181 g/mol. The fourth-order valence-corrected chi connectivity index (χ4v) is 1.32. The van der Waals surface area contributed by atoms with E-state index in [-0.39, 0.29) is 0 Å². The molecule has 1 aliphatic carbocycles. The Bertz CT molecular complexity index is 284. The molecule has 0 aromatic carbocycles. The first-order chi connectivity index (χ1) is 6.29. The van der Waals surface area contributed by atoms with Gasteiger partial charge in [0.15, 0.2) is 5.82 Å². The zero-order valence-electron chi connectivity index (χ0n) is 8.08. The van der Waals surface area contributed by atoms with Crippen molar-refractivity contribution < 1.29 is 4.52 Å². The highest BCUT2D eigenvalue weighted by molar-refractivity contribution is 5.24. The maximum absolute atomic E-state index is 5.04. The summed E-state index contributed by atoms with van der Waals surface area (Å²) in [7, 11) is 0. The Kier molecular flexibility index (Phi) is 2.20. The molecule has 1 N–H and O–H groups in total. The highest BCUT2D eigenvalue weighted by atomic mass is 16.5. The van der Waals surface area contributed by atoms with Gasteiger partial charge in [0.2, 0.25) is 0 Å². The molecule has 1 saturated carbocycles. The fourth-order valence-electron chi connectivity index (χ4n) is 1.32. The monoisotopic (exact) mass is 181 g/mol. The Hall–Kier alpha value is -1.06. The van der Waals surface area contributed by atoms with Gasteiger partial charge in [-0.3, -0.25) is 0 Å². The van der Waals surface area contributed by atoms with Crippen LogP contribution in [0.3, 0.4) is 0 Å². The molecule has 0 radical (unpaired) electrons. The fraction of sp³-hybridized carbons (Fsp3) is 0.778. The van der Waals surface area contributed by atoms with Crippen LogP contribution in [0.1, 0.15) is 32.5 Å². The highest BCUT2D eigenvalue weighted by Crippen LogP contribution is 2.31. The number of hydrogen-bond acceptors (Lipinski definition) is 4. The van der Waals surface area contributed by atoms with Crippen LogP contribution >= 0.6 is 0 Å². The van der Waals surface area contributed by atoms with E-state index in [9.17, 15) is 0 Å². The summed E-state index contributed by atoms with van der Waals surface area (Å²) < 4.78 is 5.04. The minimum atomic E-state index is 0.551. The third kappa shape index (κ3) is 1.99. The van der Waals surface area contributed by atoms with E-state index >= 15 is 0 Å². The van der Waals surface area contributed by atoms with Gasteiger partial charge in [0.05, 0.1) is 0 Å². The van der Waals surface area contributed by atoms with Crippen LogP contribution in [0.4, 0.5) is 6.01 Å². The summed E-state index contributed by atoms with van der Waals surface area (Å²) in [5, 5.41) is 7.07. The third-order valence-corrected chi connectivity index (χ3v) is 2.36. The minimum absolute atomic E-state index is 0.551. The number of anilines is 1. The van der Waals surface area contributed by atoms with Crippen LogP contribution < -0.4 is 5.32 Å². The standard InChI is InChI=1S/C9H15N3O/c1-3-4-8-11-9(13-12-8)10-7-5-6(7)2/h6-7H,3-5H2,1-2H3,(H,10,11,12). The molecule has 0 aliphatic heterocycles. The summed E-state index contributed by atoms with van der Waals surface area (Å²) >= 11 is 0. The molecule has 0 saturated heterocycles. The number of hydrogen-bond donors (Lipinski definition) is 1. The van der Waals surface area contributed by atoms with Crippen LogP contribution in [-0.4, -0.2) is 16.2 Å². The molecule has 1 aromatic rings. The summed E-state index contributed by atoms with van der Waals surface area (Å²) in [6.07, 6.45) is 3.16. The van der Waals surface area contributed by atoms with Gasteiger partial charge in [0.1, 0.15) is 0 Å². The SMILES string of the molecule is CCCc1noc(NC2CC2C)n1. The maximum Gasteiger partial charge on any atom is 0.321 e. The Morgan fingerprint density at radius 3 is 3.00 bits per heavy atom. The largest absolute Gasteiger partial charge is 0.335 e. The van der Waals surface area contributed by atoms with E-state index in [0.29, 0.717) is 12.1 Å². The zero-order chi connectivity index (χ0) is 9.26. The second kappa shape index (κ2) is 3.36. The molecule has 13 heavy (non-hydrogen) atoms. The van der Waals surface area contributed by atoms with Crippen molar-refractivity contribution in [3.05, 3.63) is 5.82 Å². The molecule has 4 heteroatoms. The lowest BCUT2D eigenvalue weighted by molar-refractivity contribution is 0.421. The Morgan fingerprint density at radius 1 is 1.62 bits per heavy atom. The van der Waals surface area contributed by atoms with Gasteiger partial charge in [0, 0.05) is 12.5 Å². The highest BCUT2D eigenvalue weighted by Gasteiger charge is 2.33. The molecule has 72 valence electrons. The molecule has 1 aromatic heterocycles. The zero-order valence-corrected chi connectivity index (χ0v) is 8.08. The van der Waals surface area contributed by atoms with E-state index < -0.39 is 0 Å². The Labute approximate surface area is 77.7 Å². The molecule has 4 nitrogen and oxygen atoms in total.